The molecule has 0 spiro atoms. The molecular weight excluding hydrogens is 489 g/mol. The van der Waals surface area contributed by atoms with Gasteiger partial charge in [-0.3, -0.25) is 0 Å². The second kappa shape index (κ2) is 9.01. The number of hydrogen-bond acceptors (Lipinski definition) is 0. The van der Waals surface area contributed by atoms with Crippen molar-refractivity contribution in [3.63, 3.8) is 0 Å². The molecule has 0 nitrogen and oxygen atoms in total. The fourth-order valence-corrected chi connectivity index (χ4v) is 4.37. The molecule has 0 bridgehead atoms. The molecule has 3 radical (unpaired) electrons. The molecule has 131 valence electrons. The molecule has 0 aliphatic carbocycles. The van der Waals surface area contributed by atoms with Gasteiger partial charge in [-0.1, -0.05) is 0 Å². The summed E-state index contributed by atoms with van der Waals surface area (Å²) in [6, 6.07) is 24.6. The van der Waals surface area contributed by atoms with Crippen molar-refractivity contribution in [3.8, 4) is 0 Å². The van der Waals surface area contributed by atoms with Crippen molar-refractivity contribution in [2.24, 2.45) is 0 Å². The van der Waals surface area contributed by atoms with Crippen LogP contribution in [-0.2, 0) is 5.41 Å². The topological polar surface area (TPSA) is 0 Å². The molecule has 0 aromatic heterocycles. The van der Waals surface area contributed by atoms with Crippen molar-refractivity contribution in [2.75, 3.05) is 0 Å². The summed E-state index contributed by atoms with van der Waals surface area (Å²) in [5.41, 5.74) is 3.44. The first kappa shape index (κ1) is 20.1. The quantitative estimate of drug-likeness (QED) is 0.242. The molecule has 0 N–H and O–H groups in total. The van der Waals surface area contributed by atoms with Crippen LogP contribution in [0.3, 0.4) is 0 Å². The van der Waals surface area contributed by atoms with Crippen LogP contribution < -0.4 is 0 Å². The predicted molar refractivity (Wildman–Crippen MR) is 114 cm³/mol. The summed E-state index contributed by atoms with van der Waals surface area (Å²) >= 11 is 20.1. The molecule has 0 fully saturated rings. The molecule has 0 saturated heterocycles. The normalized spacial score (nSPS) is 11.5. The van der Waals surface area contributed by atoms with Crippen LogP contribution in [0.1, 0.15) is 29.5 Å². The van der Waals surface area contributed by atoms with Gasteiger partial charge >= 0.3 is 185 Å². The van der Waals surface area contributed by atoms with Crippen LogP contribution in [0.15, 0.2) is 72.8 Å². The number of rotatable bonds is 6. The van der Waals surface area contributed by atoms with E-state index in [1.165, 1.54) is 21.1 Å². The van der Waals surface area contributed by atoms with E-state index in [1.54, 1.807) is 22.5 Å². The summed E-state index contributed by atoms with van der Waals surface area (Å²) < 4.78 is 1.21. The third kappa shape index (κ3) is 4.25. The fourth-order valence-electron chi connectivity index (χ4n) is 3.49. The summed E-state index contributed by atoms with van der Waals surface area (Å²) in [7, 11) is 0. The van der Waals surface area contributed by atoms with Crippen LogP contribution in [0, 0.1) is 0 Å². The second-order valence-electron chi connectivity index (χ2n) is 6.28. The van der Waals surface area contributed by atoms with E-state index >= 15 is 0 Å². The van der Waals surface area contributed by atoms with Gasteiger partial charge in [0.1, 0.15) is 0 Å². The first-order chi connectivity index (χ1) is 12.6. The van der Waals surface area contributed by atoms with Crippen molar-refractivity contribution >= 4 is 57.3 Å². The van der Waals surface area contributed by atoms with Crippen LogP contribution >= 0.6 is 34.8 Å². The Kier molecular flexibility index (Phi) is 6.96. The Labute approximate surface area is 183 Å². The third-order valence-electron chi connectivity index (χ3n) is 4.74. The van der Waals surface area contributed by atoms with Crippen molar-refractivity contribution < 1.29 is 0 Å². The van der Waals surface area contributed by atoms with E-state index < -0.39 is 0 Å². The molecule has 4 heteroatoms. The number of hydrogen-bond donors (Lipinski definition) is 0. The van der Waals surface area contributed by atoms with Crippen LogP contribution in [0.5, 0.6) is 0 Å². The Morgan fingerprint density at radius 3 is 1.15 bits per heavy atom. The van der Waals surface area contributed by atoms with Crippen molar-refractivity contribution in [1.29, 1.82) is 0 Å². The summed E-state index contributed by atoms with van der Waals surface area (Å²) in [6.45, 7) is 0. The first-order valence-corrected chi connectivity index (χ1v) is 11.6. The van der Waals surface area contributed by atoms with Gasteiger partial charge in [-0.2, -0.15) is 0 Å². The minimum atomic E-state index is -0.254. The van der Waals surface area contributed by atoms with Gasteiger partial charge in [0.25, 0.3) is 0 Å². The number of halogens is 3. The van der Waals surface area contributed by atoms with Gasteiger partial charge in [0.15, 0.2) is 0 Å². The monoisotopic (exact) mass is 507 g/mol. The van der Waals surface area contributed by atoms with E-state index in [1.807, 2.05) is 36.4 Å². The zero-order chi connectivity index (χ0) is 18.6. The van der Waals surface area contributed by atoms with Crippen molar-refractivity contribution in [1.82, 2.24) is 0 Å². The SMILES string of the molecule is Clc1ccc(C(CC[CH2][Sn])(c2ccc(Cl)cc2)c2ccc(Cl)cc2)cc1. The Morgan fingerprint density at radius 1 is 0.577 bits per heavy atom. The maximum atomic E-state index is 6.17. The van der Waals surface area contributed by atoms with Gasteiger partial charge in [0, 0.05) is 0 Å². The van der Waals surface area contributed by atoms with E-state index in [-0.39, 0.29) is 5.41 Å². The summed E-state index contributed by atoms with van der Waals surface area (Å²) in [4.78, 5) is 0. The van der Waals surface area contributed by atoms with Gasteiger partial charge in [-0.25, -0.2) is 0 Å². The molecule has 3 rings (SSSR count). The van der Waals surface area contributed by atoms with Crippen molar-refractivity contribution in [3.05, 3.63) is 105 Å². The molecule has 3 aromatic carbocycles. The average Bonchev–Trinajstić information content (AvgIpc) is 2.66. The van der Waals surface area contributed by atoms with Crippen LogP contribution in [0.2, 0.25) is 19.5 Å². The molecule has 0 heterocycles. The zero-order valence-electron chi connectivity index (χ0n) is 14.2. The minimum absolute atomic E-state index is 0.254. The van der Waals surface area contributed by atoms with Gasteiger partial charge in [-0.05, 0) is 0 Å². The van der Waals surface area contributed by atoms with Gasteiger partial charge in [0.05, 0.1) is 0 Å². The van der Waals surface area contributed by atoms with Crippen LogP contribution in [0.4, 0.5) is 0 Å². The Hall–Kier alpha value is -0.671. The average molecular weight is 507 g/mol. The van der Waals surface area contributed by atoms with E-state index in [2.05, 4.69) is 36.4 Å². The standard InChI is InChI=1S/C22H18Cl3.Sn/c1-2-15-22(16-3-9-19(23)10-4-16,17-5-11-20(24)12-6-17)18-7-13-21(25)14-8-18;/h3-14H,1-2,15H2;. The molecule has 0 amide bonds. The van der Waals surface area contributed by atoms with E-state index in [9.17, 15) is 0 Å². The number of benzene rings is 3. The molecule has 0 aliphatic heterocycles. The van der Waals surface area contributed by atoms with Crippen LogP contribution in [0.25, 0.3) is 0 Å². The van der Waals surface area contributed by atoms with Crippen LogP contribution in [-0.4, -0.2) is 22.5 Å². The first-order valence-electron chi connectivity index (χ1n) is 8.49. The molecule has 26 heavy (non-hydrogen) atoms. The maximum absolute atomic E-state index is 6.17. The molecular formula is C22H18Cl3Sn. The molecule has 0 saturated carbocycles. The van der Waals surface area contributed by atoms with E-state index in [0.717, 1.165) is 27.9 Å². The fraction of sp³-hybridized carbons (Fsp3) is 0.182. The Bertz CT molecular complexity index is 729. The predicted octanol–water partition coefficient (Wildman–Crippen LogP) is 7.35. The van der Waals surface area contributed by atoms with Gasteiger partial charge < -0.3 is 0 Å². The van der Waals surface area contributed by atoms with E-state index in [0.29, 0.717) is 0 Å². The second-order valence-corrected chi connectivity index (χ2v) is 9.02. The summed E-state index contributed by atoms with van der Waals surface area (Å²) in [6.07, 6.45) is 2.16. The van der Waals surface area contributed by atoms with Crippen molar-refractivity contribution in [2.45, 2.75) is 22.7 Å². The van der Waals surface area contributed by atoms with Gasteiger partial charge in [-0.15, -0.1) is 0 Å². The molecule has 0 atom stereocenters. The summed E-state index contributed by atoms with van der Waals surface area (Å²) in [5.74, 6) is 0. The van der Waals surface area contributed by atoms with Gasteiger partial charge in [0.2, 0.25) is 0 Å². The third-order valence-corrected chi connectivity index (χ3v) is 6.50. The Morgan fingerprint density at radius 2 is 0.885 bits per heavy atom. The Balaban J connectivity index is 2.27. The summed E-state index contributed by atoms with van der Waals surface area (Å²) in [5, 5.41) is 2.24. The van der Waals surface area contributed by atoms with E-state index in [4.69, 9.17) is 34.8 Å². The molecule has 0 aliphatic rings. The molecule has 0 unspecified atom stereocenters. The zero-order valence-corrected chi connectivity index (χ0v) is 19.3. The molecule has 3 aromatic rings.